The molecule has 2 N–H and O–H groups in total. The Labute approximate surface area is 181 Å². The van der Waals surface area contributed by atoms with Gasteiger partial charge in [0.2, 0.25) is 0 Å². The highest BCUT2D eigenvalue weighted by Crippen LogP contribution is 2.56. The van der Waals surface area contributed by atoms with Gasteiger partial charge in [-0.25, -0.2) is 18.4 Å². The lowest BCUT2D eigenvalue weighted by Gasteiger charge is -2.42. The van der Waals surface area contributed by atoms with Gasteiger partial charge in [-0.2, -0.15) is 4.31 Å². The molecule has 4 heterocycles. The summed E-state index contributed by atoms with van der Waals surface area (Å²) in [5.74, 6) is 0.0890. The SMILES string of the molecule is O=S(=O)(c1c[nH]cn1)N1CCC2(CC[C@@H]([C@H]3c4ccccc4-c4cncn43)[C@H]2O)CC1. The van der Waals surface area contributed by atoms with Crippen LogP contribution in [0.4, 0.5) is 0 Å². The summed E-state index contributed by atoms with van der Waals surface area (Å²) in [5, 5.41) is 11.6. The molecule has 0 bridgehead atoms. The van der Waals surface area contributed by atoms with E-state index < -0.39 is 16.1 Å². The molecule has 3 aliphatic rings. The van der Waals surface area contributed by atoms with E-state index in [-0.39, 0.29) is 22.4 Å². The van der Waals surface area contributed by atoms with Crippen molar-refractivity contribution in [3.8, 4) is 11.3 Å². The highest BCUT2D eigenvalue weighted by atomic mass is 32.2. The summed E-state index contributed by atoms with van der Waals surface area (Å²) in [6.45, 7) is 0.826. The molecule has 9 heteroatoms. The molecule has 3 atom stereocenters. The number of nitrogens with zero attached hydrogens (tertiary/aromatic N) is 4. The molecule has 2 aliphatic heterocycles. The number of aromatic amines is 1. The molecule has 0 unspecified atom stereocenters. The summed E-state index contributed by atoms with van der Waals surface area (Å²) in [4.78, 5) is 11.0. The molecule has 6 rings (SSSR count). The summed E-state index contributed by atoms with van der Waals surface area (Å²) in [5.41, 5.74) is 3.31. The van der Waals surface area contributed by atoms with Crippen LogP contribution in [0.5, 0.6) is 0 Å². The van der Waals surface area contributed by atoms with Gasteiger partial charge in [0, 0.05) is 30.8 Å². The highest BCUT2D eigenvalue weighted by molar-refractivity contribution is 7.89. The molecule has 1 saturated carbocycles. The lowest BCUT2D eigenvalue weighted by atomic mass is 9.73. The van der Waals surface area contributed by atoms with Crippen LogP contribution in [0.25, 0.3) is 11.3 Å². The summed E-state index contributed by atoms with van der Waals surface area (Å²) < 4.78 is 29.4. The maximum absolute atomic E-state index is 12.8. The Bertz CT molecular complexity index is 1210. The van der Waals surface area contributed by atoms with E-state index in [2.05, 4.69) is 37.7 Å². The van der Waals surface area contributed by atoms with Crippen molar-refractivity contribution in [3.05, 3.63) is 54.9 Å². The Balaban J connectivity index is 1.25. The predicted octanol–water partition coefficient (Wildman–Crippen LogP) is 2.42. The number of aliphatic hydroxyl groups excluding tert-OH is 1. The molecule has 1 aromatic carbocycles. The fourth-order valence-corrected chi connectivity index (χ4v) is 7.42. The van der Waals surface area contributed by atoms with Crippen LogP contribution in [0.2, 0.25) is 0 Å². The van der Waals surface area contributed by atoms with Gasteiger partial charge in [-0.05, 0) is 36.7 Å². The van der Waals surface area contributed by atoms with Crippen LogP contribution in [0.3, 0.4) is 0 Å². The first-order valence-corrected chi connectivity index (χ1v) is 12.2. The van der Waals surface area contributed by atoms with Crippen molar-refractivity contribution >= 4 is 10.0 Å². The van der Waals surface area contributed by atoms with Crippen molar-refractivity contribution in [2.45, 2.75) is 42.9 Å². The van der Waals surface area contributed by atoms with Gasteiger partial charge in [-0.3, -0.25) is 0 Å². The number of sulfonamides is 1. The van der Waals surface area contributed by atoms with E-state index in [9.17, 15) is 13.5 Å². The molecule has 2 fully saturated rings. The molecule has 1 spiro atoms. The van der Waals surface area contributed by atoms with E-state index in [1.54, 1.807) is 0 Å². The van der Waals surface area contributed by atoms with Gasteiger partial charge in [-0.1, -0.05) is 24.3 Å². The second-order valence-electron chi connectivity index (χ2n) is 9.04. The van der Waals surface area contributed by atoms with Crippen LogP contribution < -0.4 is 0 Å². The molecule has 8 nitrogen and oxygen atoms in total. The van der Waals surface area contributed by atoms with Crippen LogP contribution in [0, 0.1) is 11.3 Å². The van der Waals surface area contributed by atoms with Crippen molar-refractivity contribution in [1.29, 1.82) is 0 Å². The van der Waals surface area contributed by atoms with Crippen molar-refractivity contribution in [2.75, 3.05) is 13.1 Å². The van der Waals surface area contributed by atoms with Crippen molar-refractivity contribution in [3.63, 3.8) is 0 Å². The fraction of sp³-hybridized carbons (Fsp3) is 0.455. The number of piperidine rings is 1. The topological polar surface area (TPSA) is 104 Å². The molecule has 0 radical (unpaired) electrons. The minimum absolute atomic E-state index is 0.0588. The number of benzene rings is 1. The number of fused-ring (bicyclic) bond motifs is 3. The Morgan fingerprint density at radius 3 is 2.74 bits per heavy atom. The number of aromatic nitrogens is 4. The maximum Gasteiger partial charge on any atom is 0.262 e. The molecule has 0 amide bonds. The number of H-pyrrole nitrogens is 1. The van der Waals surface area contributed by atoms with Crippen LogP contribution in [0.15, 0.2) is 54.3 Å². The number of nitrogens with one attached hydrogen (secondary N) is 1. The molecule has 31 heavy (non-hydrogen) atoms. The van der Waals surface area contributed by atoms with Gasteiger partial charge in [-0.15, -0.1) is 0 Å². The lowest BCUT2D eigenvalue weighted by Crippen LogP contribution is -2.47. The number of rotatable bonds is 3. The summed E-state index contributed by atoms with van der Waals surface area (Å²) in [6.07, 6.45) is 9.26. The predicted molar refractivity (Wildman–Crippen MR) is 114 cm³/mol. The summed E-state index contributed by atoms with van der Waals surface area (Å²) in [6, 6.07) is 8.46. The third-order valence-corrected chi connectivity index (χ3v) is 9.53. The number of hydrogen-bond donors (Lipinski definition) is 2. The van der Waals surface area contributed by atoms with Gasteiger partial charge in [0.05, 0.1) is 36.7 Å². The average molecular weight is 440 g/mol. The normalized spacial score (nSPS) is 27.5. The second kappa shape index (κ2) is 6.75. The molecule has 3 aromatic rings. The van der Waals surface area contributed by atoms with Crippen molar-refractivity contribution < 1.29 is 13.5 Å². The monoisotopic (exact) mass is 439 g/mol. The Hall–Kier alpha value is -2.49. The standard InChI is InChI=1S/C22H25N5O3S/c28-21-17(20-16-4-2-1-3-15(16)18-11-24-14-27(18)20)5-6-22(21)7-9-26(10-8-22)31(29,30)19-12-23-13-25-19/h1-4,11-14,17,20-21,28H,5-10H2,(H,23,25)/t17-,20+,21+/m0/s1. The largest absolute Gasteiger partial charge is 0.392 e. The summed E-state index contributed by atoms with van der Waals surface area (Å²) >= 11 is 0. The van der Waals surface area contributed by atoms with Crippen LogP contribution in [-0.4, -0.2) is 56.5 Å². The van der Waals surface area contributed by atoms with E-state index in [1.165, 1.54) is 28.0 Å². The third kappa shape index (κ3) is 2.69. The number of hydrogen-bond acceptors (Lipinski definition) is 5. The van der Waals surface area contributed by atoms with Gasteiger partial charge < -0.3 is 14.7 Å². The van der Waals surface area contributed by atoms with Crippen LogP contribution in [0.1, 0.15) is 37.3 Å². The Kier molecular flexibility index (Phi) is 4.19. The zero-order valence-corrected chi connectivity index (χ0v) is 17.9. The van der Waals surface area contributed by atoms with Crippen molar-refractivity contribution in [2.24, 2.45) is 11.3 Å². The van der Waals surface area contributed by atoms with Crippen molar-refractivity contribution in [1.82, 2.24) is 23.8 Å². The summed E-state index contributed by atoms with van der Waals surface area (Å²) in [7, 11) is -3.59. The number of aliphatic hydroxyl groups is 1. The minimum Gasteiger partial charge on any atom is -0.392 e. The van der Waals surface area contributed by atoms with Gasteiger partial charge in [0.1, 0.15) is 0 Å². The third-order valence-electron chi connectivity index (χ3n) is 7.73. The average Bonchev–Trinajstić information content (AvgIpc) is 3.56. The Morgan fingerprint density at radius 1 is 1.16 bits per heavy atom. The Morgan fingerprint density at radius 2 is 1.97 bits per heavy atom. The van der Waals surface area contributed by atoms with E-state index in [0.29, 0.717) is 25.9 Å². The first kappa shape index (κ1) is 19.2. The zero-order chi connectivity index (χ0) is 21.2. The molecule has 1 saturated heterocycles. The fourth-order valence-electron chi connectivity index (χ4n) is 6.09. The van der Waals surface area contributed by atoms with Gasteiger partial charge >= 0.3 is 0 Å². The van der Waals surface area contributed by atoms with Gasteiger partial charge in [0.15, 0.2) is 5.03 Å². The van der Waals surface area contributed by atoms with E-state index >= 15 is 0 Å². The smallest absolute Gasteiger partial charge is 0.262 e. The minimum atomic E-state index is -3.59. The van der Waals surface area contributed by atoms with Crippen LogP contribution in [-0.2, 0) is 10.0 Å². The van der Waals surface area contributed by atoms with Crippen LogP contribution >= 0.6 is 0 Å². The first-order valence-electron chi connectivity index (χ1n) is 10.8. The molecule has 1 aliphatic carbocycles. The highest BCUT2D eigenvalue weighted by Gasteiger charge is 2.53. The molecular formula is C22H25N5O3S. The molecular weight excluding hydrogens is 414 g/mol. The second-order valence-corrected chi connectivity index (χ2v) is 10.9. The zero-order valence-electron chi connectivity index (χ0n) is 17.1. The first-order chi connectivity index (χ1) is 15.0. The van der Waals surface area contributed by atoms with E-state index in [4.69, 9.17) is 0 Å². The van der Waals surface area contributed by atoms with E-state index in [1.807, 2.05) is 18.6 Å². The number of imidazole rings is 2. The quantitative estimate of drug-likeness (QED) is 0.652. The molecule has 2 aromatic heterocycles. The van der Waals surface area contributed by atoms with E-state index in [0.717, 1.165) is 18.5 Å². The molecule has 162 valence electrons. The lowest BCUT2D eigenvalue weighted by molar-refractivity contribution is -0.0146. The maximum atomic E-state index is 12.8. The van der Waals surface area contributed by atoms with Gasteiger partial charge in [0.25, 0.3) is 10.0 Å².